The summed E-state index contributed by atoms with van der Waals surface area (Å²) in [5.74, 6) is 0.306. The molecule has 1 aliphatic carbocycles. The van der Waals surface area contributed by atoms with Crippen LogP contribution in [0.25, 0.3) is 0 Å². The summed E-state index contributed by atoms with van der Waals surface area (Å²) in [6.45, 7) is 2.24. The van der Waals surface area contributed by atoms with E-state index in [4.69, 9.17) is 0 Å². The van der Waals surface area contributed by atoms with E-state index in [0.717, 1.165) is 25.9 Å². The molecule has 2 rings (SSSR count). The molecule has 1 unspecified atom stereocenters. The summed E-state index contributed by atoms with van der Waals surface area (Å²) in [5.41, 5.74) is 1.28. The Kier molecular flexibility index (Phi) is 3.10. The van der Waals surface area contributed by atoms with Gasteiger partial charge in [0.25, 0.3) is 0 Å². The van der Waals surface area contributed by atoms with Gasteiger partial charge in [0.15, 0.2) is 5.78 Å². The maximum Gasteiger partial charge on any atom is 0.157 e. The third-order valence-electron chi connectivity index (χ3n) is 3.28. The van der Waals surface area contributed by atoms with Crippen LogP contribution < -0.4 is 0 Å². The lowest BCUT2D eigenvalue weighted by atomic mass is 10.2. The van der Waals surface area contributed by atoms with Crippen LogP contribution in [0.2, 0.25) is 0 Å². The van der Waals surface area contributed by atoms with Crippen molar-refractivity contribution in [3.8, 4) is 0 Å². The highest BCUT2D eigenvalue weighted by molar-refractivity contribution is 5.92. The second-order valence-electron chi connectivity index (χ2n) is 4.85. The molecule has 0 bridgehead atoms. The molecule has 0 aromatic carbocycles. The van der Waals surface area contributed by atoms with Gasteiger partial charge in [0.05, 0.1) is 0 Å². The lowest BCUT2D eigenvalue weighted by Crippen LogP contribution is -2.36. The van der Waals surface area contributed by atoms with Gasteiger partial charge in [-0.15, -0.1) is 0 Å². The van der Waals surface area contributed by atoms with E-state index < -0.39 is 0 Å². The standard InChI is InChI=1S/C12H20N2O/c1-13(2)9-11-4-3-7-14(11)10-5-6-12(15)8-10/h8,11H,3-7,9H2,1-2H3. The van der Waals surface area contributed by atoms with E-state index in [0.29, 0.717) is 11.8 Å². The predicted octanol–water partition coefficient (Wildman–Crippen LogP) is 1.26. The molecule has 2 aliphatic rings. The van der Waals surface area contributed by atoms with Gasteiger partial charge in [-0.05, 0) is 33.4 Å². The van der Waals surface area contributed by atoms with Gasteiger partial charge in [-0.2, -0.15) is 0 Å². The predicted molar refractivity (Wildman–Crippen MR) is 60.6 cm³/mol. The zero-order valence-electron chi connectivity index (χ0n) is 9.70. The first-order valence-corrected chi connectivity index (χ1v) is 5.81. The summed E-state index contributed by atoms with van der Waals surface area (Å²) < 4.78 is 0. The number of hydrogen-bond donors (Lipinski definition) is 0. The molecule has 0 spiro atoms. The second-order valence-corrected chi connectivity index (χ2v) is 4.85. The van der Waals surface area contributed by atoms with Crippen molar-refractivity contribution in [2.24, 2.45) is 0 Å². The molecular weight excluding hydrogens is 188 g/mol. The highest BCUT2D eigenvalue weighted by Crippen LogP contribution is 2.28. The van der Waals surface area contributed by atoms with Crippen molar-refractivity contribution in [2.75, 3.05) is 27.2 Å². The number of likely N-dealkylation sites (tertiary alicyclic amines) is 1. The number of likely N-dealkylation sites (N-methyl/N-ethyl adjacent to an activating group) is 1. The van der Waals surface area contributed by atoms with E-state index in [9.17, 15) is 4.79 Å². The van der Waals surface area contributed by atoms with E-state index in [1.54, 1.807) is 0 Å². The van der Waals surface area contributed by atoms with Crippen LogP contribution in [0.1, 0.15) is 25.7 Å². The lowest BCUT2D eigenvalue weighted by Gasteiger charge is -2.29. The quantitative estimate of drug-likeness (QED) is 0.697. The van der Waals surface area contributed by atoms with E-state index in [2.05, 4.69) is 23.9 Å². The average Bonchev–Trinajstić information content (AvgIpc) is 2.72. The molecule has 1 atom stereocenters. The highest BCUT2D eigenvalue weighted by atomic mass is 16.1. The summed E-state index contributed by atoms with van der Waals surface area (Å²) in [5, 5.41) is 0. The van der Waals surface area contributed by atoms with Crippen molar-refractivity contribution in [1.82, 2.24) is 9.80 Å². The van der Waals surface area contributed by atoms with Crippen LogP contribution in [0.15, 0.2) is 11.8 Å². The van der Waals surface area contributed by atoms with Crippen molar-refractivity contribution in [3.05, 3.63) is 11.8 Å². The van der Waals surface area contributed by atoms with E-state index in [1.165, 1.54) is 18.5 Å². The Bertz CT molecular complexity index is 283. The summed E-state index contributed by atoms with van der Waals surface area (Å²) >= 11 is 0. The van der Waals surface area contributed by atoms with Crippen LogP contribution in [0.3, 0.4) is 0 Å². The molecule has 0 amide bonds. The summed E-state index contributed by atoms with van der Waals surface area (Å²) in [6, 6.07) is 0.622. The van der Waals surface area contributed by atoms with Crippen molar-refractivity contribution in [3.63, 3.8) is 0 Å². The van der Waals surface area contributed by atoms with Gasteiger partial charge in [-0.3, -0.25) is 4.79 Å². The normalized spacial score (nSPS) is 26.6. The Morgan fingerprint density at radius 2 is 2.27 bits per heavy atom. The minimum absolute atomic E-state index is 0.306. The van der Waals surface area contributed by atoms with Gasteiger partial charge in [0.1, 0.15) is 0 Å². The topological polar surface area (TPSA) is 23.6 Å². The zero-order chi connectivity index (χ0) is 10.8. The Balaban J connectivity index is 2.01. The molecule has 15 heavy (non-hydrogen) atoms. The van der Waals surface area contributed by atoms with E-state index >= 15 is 0 Å². The maximum atomic E-state index is 11.2. The van der Waals surface area contributed by atoms with Gasteiger partial charge >= 0.3 is 0 Å². The van der Waals surface area contributed by atoms with Gasteiger partial charge < -0.3 is 9.80 Å². The summed E-state index contributed by atoms with van der Waals surface area (Å²) in [4.78, 5) is 15.9. The van der Waals surface area contributed by atoms with Gasteiger partial charge in [-0.25, -0.2) is 0 Å². The third-order valence-corrected chi connectivity index (χ3v) is 3.28. The minimum atomic E-state index is 0.306. The fourth-order valence-electron chi connectivity index (χ4n) is 2.63. The maximum absolute atomic E-state index is 11.2. The van der Waals surface area contributed by atoms with Gasteiger partial charge in [-0.1, -0.05) is 0 Å². The molecule has 3 nitrogen and oxygen atoms in total. The zero-order valence-corrected chi connectivity index (χ0v) is 9.70. The molecule has 0 saturated carbocycles. The van der Waals surface area contributed by atoms with Crippen LogP contribution >= 0.6 is 0 Å². The number of carbonyl (C=O) groups excluding carboxylic acids is 1. The van der Waals surface area contributed by atoms with Crippen LogP contribution in [-0.4, -0.2) is 48.8 Å². The van der Waals surface area contributed by atoms with Crippen molar-refractivity contribution < 1.29 is 4.79 Å². The molecule has 84 valence electrons. The first-order chi connectivity index (χ1) is 7.16. The van der Waals surface area contributed by atoms with E-state index in [1.807, 2.05) is 6.08 Å². The fraction of sp³-hybridized carbons (Fsp3) is 0.750. The highest BCUT2D eigenvalue weighted by Gasteiger charge is 2.28. The summed E-state index contributed by atoms with van der Waals surface area (Å²) in [7, 11) is 4.23. The average molecular weight is 208 g/mol. The Hall–Kier alpha value is -0.830. The smallest absolute Gasteiger partial charge is 0.157 e. The largest absolute Gasteiger partial charge is 0.370 e. The van der Waals surface area contributed by atoms with Crippen LogP contribution in [-0.2, 0) is 4.79 Å². The Morgan fingerprint density at radius 3 is 2.87 bits per heavy atom. The Morgan fingerprint density at radius 1 is 1.47 bits per heavy atom. The number of nitrogens with zero attached hydrogens (tertiary/aromatic N) is 2. The molecule has 0 radical (unpaired) electrons. The third kappa shape index (κ3) is 2.40. The first-order valence-electron chi connectivity index (χ1n) is 5.81. The van der Waals surface area contributed by atoms with E-state index in [-0.39, 0.29) is 0 Å². The molecule has 1 saturated heterocycles. The minimum Gasteiger partial charge on any atom is -0.370 e. The van der Waals surface area contributed by atoms with Crippen molar-refractivity contribution >= 4 is 5.78 Å². The number of carbonyl (C=O) groups is 1. The molecule has 1 heterocycles. The molecule has 0 N–H and O–H groups in total. The molecule has 0 aromatic rings. The second kappa shape index (κ2) is 4.35. The van der Waals surface area contributed by atoms with Crippen LogP contribution in [0.4, 0.5) is 0 Å². The lowest BCUT2D eigenvalue weighted by molar-refractivity contribution is -0.114. The van der Waals surface area contributed by atoms with Crippen LogP contribution in [0.5, 0.6) is 0 Å². The Labute approximate surface area is 91.7 Å². The number of allylic oxidation sites excluding steroid dienone is 2. The molecular formula is C12H20N2O. The number of ketones is 1. The molecule has 0 aromatic heterocycles. The van der Waals surface area contributed by atoms with Gasteiger partial charge in [0, 0.05) is 37.3 Å². The monoisotopic (exact) mass is 208 g/mol. The number of hydrogen-bond acceptors (Lipinski definition) is 3. The van der Waals surface area contributed by atoms with Crippen molar-refractivity contribution in [1.29, 1.82) is 0 Å². The van der Waals surface area contributed by atoms with Crippen LogP contribution in [0, 0.1) is 0 Å². The fourth-order valence-corrected chi connectivity index (χ4v) is 2.63. The molecule has 1 fully saturated rings. The molecule has 1 aliphatic heterocycles. The van der Waals surface area contributed by atoms with Crippen molar-refractivity contribution in [2.45, 2.75) is 31.7 Å². The SMILES string of the molecule is CN(C)CC1CCCN1C1=CC(=O)CC1. The summed E-state index contributed by atoms with van der Waals surface area (Å²) in [6.07, 6.45) is 6.07. The first kappa shape index (κ1) is 10.7. The molecule has 3 heteroatoms. The van der Waals surface area contributed by atoms with Gasteiger partial charge in [0.2, 0.25) is 0 Å². The number of rotatable bonds is 3.